The van der Waals surface area contributed by atoms with E-state index in [0.29, 0.717) is 48.5 Å². The molecule has 5 aromatic rings. The molecule has 7 rings (SSSR count). The molecule has 3 atom stereocenters. The van der Waals surface area contributed by atoms with Gasteiger partial charge in [-0.2, -0.15) is 0 Å². The number of methoxy groups -OCH3 is 1. The number of aliphatic hydroxyl groups is 2. The Morgan fingerprint density at radius 3 is 2.55 bits per heavy atom. The van der Waals surface area contributed by atoms with Crippen molar-refractivity contribution in [1.29, 1.82) is 0 Å². The molecule has 0 aliphatic carbocycles. The number of carbonyl (C=O) groups excluding carboxylic acids is 2. The number of fused-ring (bicyclic) bond motifs is 2. The topological polar surface area (TPSA) is 121 Å². The van der Waals surface area contributed by atoms with Crippen LogP contribution in [0.15, 0.2) is 115 Å². The molecule has 0 saturated carbocycles. The van der Waals surface area contributed by atoms with Crippen molar-refractivity contribution in [2.75, 3.05) is 23.5 Å². The summed E-state index contributed by atoms with van der Waals surface area (Å²) >= 11 is 0. The Morgan fingerprint density at radius 1 is 0.941 bits per heavy atom. The number of anilines is 3. The lowest BCUT2D eigenvalue weighted by molar-refractivity contribution is -0.139. The minimum Gasteiger partial charge on any atom is -0.497 e. The molecule has 4 aromatic carbocycles. The summed E-state index contributed by atoms with van der Waals surface area (Å²) in [7, 11) is 1.56. The molecule has 0 bridgehead atoms. The third-order valence-electron chi connectivity index (χ3n) is 9.98. The molecule has 260 valence electrons. The van der Waals surface area contributed by atoms with Crippen molar-refractivity contribution in [3.63, 3.8) is 0 Å². The molecule has 1 aromatic heterocycles. The van der Waals surface area contributed by atoms with Crippen molar-refractivity contribution in [3.05, 3.63) is 143 Å². The van der Waals surface area contributed by atoms with Gasteiger partial charge in [0.25, 0.3) is 5.91 Å². The van der Waals surface area contributed by atoms with Gasteiger partial charge in [0.1, 0.15) is 5.75 Å². The summed E-state index contributed by atoms with van der Waals surface area (Å²) in [6.45, 7) is 2.50. The van der Waals surface area contributed by atoms with E-state index in [-0.39, 0.29) is 25.0 Å². The fourth-order valence-corrected chi connectivity index (χ4v) is 7.18. The zero-order valence-electron chi connectivity index (χ0n) is 28.7. The summed E-state index contributed by atoms with van der Waals surface area (Å²) in [5.74, 6) is -0.686. The van der Waals surface area contributed by atoms with Crippen LogP contribution in [0.5, 0.6) is 5.75 Å². The number of carbonyl (C=O) groups is 2. The maximum absolute atomic E-state index is 14.3. The van der Waals surface area contributed by atoms with Crippen LogP contribution >= 0.6 is 0 Å². The van der Waals surface area contributed by atoms with Gasteiger partial charge >= 0.3 is 0 Å². The normalized spacial score (nSPS) is 18.2. The highest BCUT2D eigenvalue weighted by Crippen LogP contribution is 2.47. The first kappa shape index (κ1) is 33.9. The second-order valence-electron chi connectivity index (χ2n) is 13.1. The molecule has 0 saturated heterocycles. The minimum atomic E-state index is -1.83. The van der Waals surface area contributed by atoms with Crippen molar-refractivity contribution < 1.29 is 24.5 Å². The third kappa shape index (κ3) is 6.44. The van der Waals surface area contributed by atoms with Crippen molar-refractivity contribution in [1.82, 2.24) is 15.0 Å². The summed E-state index contributed by atoms with van der Waals surface area (Å²) < 4.78 is 7.23. The lowest BCUT2D eigenvalue weighted by Crippen LogP contribution is -2.44. The first-order valence-corrected chi connectivity index (χ1v) is 17.3. The number of hydrogen-bond donors (Lipinski definition) is 2. The Kier molecular flexibility index (Phi) is 9.53. The third-order valence-corrected chi connectivity index (χ3v) is 9.98. The molecular formula is C41H41N5O5. The standard InChI is InChI=1S/C41H41N5O5/c1-28(11-8-9-22-44-26-36(42-43-44)34(27-47)30-13-4-3-5-14-30)41(50)35-24-33(51-2)19-20-38(35)45(40(41)49)25-29-12-10-16-32(23-29)46-37-17-7-6-15-31(37)18-21-39(46)48/h3-8,10-17,19-20,23-24,26,28,34,47,50H,9,18,21-22,25,27H2,1-2H3/b11-8+/t28-,34?,41+/m1/s1. The van der Waals surface area contributed by atoms with Gasteiger partial charge in [0.15, 0.2) is 5.60 Å². The Labute approximate surface area is 297 Å². The van der Waals surface area contributed by atoms with Gasteiger partial charge in [0.2, 0.25) is 5.91 Å². The predicted molar refractivity (Wildman–Crippen MR) is 195 cm³/mol. The fourth-order valence-electron chi connectivity index (χ4n) is 7.18. The average Bonchev–Trinajstić information content (AvgIpc) is 3.71. The zero-order valence-corrected chi connectivity index (χ0v) is 28.7. The zero-order chi connectivity index (χ0) is 35.5. The first-order chi connectivity index (χ1) is 24.8. The van der Waals surface area contributed by atoms with E-state index in [9.17, 15) is 19.8 Å². The number of benzene rings is 4. The van der Waals surface area contributed by atoms with Crippen LogP contribution in [0.3, 0.4) is 0 Å². The van der Waals surface area contributed by atoms with Crippen molar-refractivity contribution in [3.8, 4) is 5.75 Å². The molecule has 10 heteroatoms. The number of allylic oxidation sites excluding steroid dienone is 1. The summed E-state index contributed by atoms with van der Waals surface area (Å²) in [6.07, 6.45) is 7.37. The molecular weight excluding hydrogens is 642 g/mol. The number of para-hydroxylation sites is 1. The van der Waals surface area contributed by atoms with E-state index in [2.05, 4.69) is 10.3 Å². The number of aromatic nitrogens is 3. The van der Waals surface area contributed by atoms with E-state index in [1.54, 1.807) is 33.7 Å². The van der Waals surface area contributed by atoms with Gasteiger partial charge in [-0.25, -0.2) is 0 Å². The van der Waals surface area contributed by atoms with E-state index in [0.717, 1.165) is 28.1 Å². The maximum atomic E-state index is 14.3. The van der Waals surface area contributed by atoms with E-state index >= 15 is 0 Å². The number of ether oxygens (including phenoxy) is 1. The first-order valence-electron chi connectivity index (χ1n) is 17.3. The van der Waals surface area contributed by atoms with Gasteiger partial charge in [0, 0.05) is 36.3 Å². The number of hydrogen-bond acceptors (Lipinski definition) is 7. The largest absolute Gasteiger partial charge is 0.497 e. The maximum Gasteiger partial charge on any atom is 0.264 e. The summed E-state index contributed by atoms with van der Waals surface area (Å²) in [5.41, 5.74) is 4.49. The van der Waals surface area contributed by atoms with Crippen LogP contribution in [0.25, 0.3) is 0 Å². The molecule has 10 nitrogen and oxygen atoms in total. The quantitative estimate of drug-likeness (QED) is 0.154. The van der Waals surface area contributed by atoms with Gasteiger partial charge in [-0.15, -0.1) is 5.10 Å². The van der Waals surface area contributed by atoms with Crippen LogP contribution in [0.1, 0.15) is 53.6 Å². The van der Waals surface area contributed by atoms with Crippen LogP contribution in [0.2, 0.25) is 0 Å². The molecule has 0 radical (unpaired) electrons. The van der Waals surface area contributed by atoms with Crippen molar-refractivity contribution in [2.24, 2.45) is 5.92 Å². The number of aliphatic hydroxyl groups excluding tert-OH is 1. The van der Waals surface area contributed by atoms with Crippen LogP contribution in [0, 0.1) is 5.92 Å². The van der Waals surface area contributed by atoms with E-state index in [1.165, 1.54) is 0 Å². The molecule has 0 fully saturated rings. The van der Waals surface area contributed by atoms with Gasteiger partial charge in [-0.1, -0.05) is 85.0 Å². The molecule has 1 unspecified atom stereocenters. The molecule has 2 aliphatic rings. The number of nitrogens with zero attached hydrogens (tertiary/aromatic N) is 5. The number of aryl methyl sites for hydroxylation is 2. The van der Waals surface area contributed by atoms with Gasteiger partial charge < -0.3 is 19.8 Å². The second kappa shape index (κ2) is 14.3. The fraction of sp³-hybridized carbons (Fsp3) is 0.268. The summed E-state index contributed by atoms with van der Waals surface area (Å²) in [5, 5.41) is 30.8. The summed E-state index contributed by atoms with van der Waals surface area (Å²) in [4.78, 5) is 30.8. The van der Waals surface area contributed by atoms with Gasteiger partial charge in [-0.05, 0) is 65.9 Å². The number of rotatable bonds is 12. The average molecular weight is 684 g/mol. The van der Waals surface area contributed by atoms with Crippen LogP contribution in [-0.2, 0) is 34.7 Å². The van der Waals surface area contributed by atoms with E-state index in [4.69, 9.17) is 4.74 Å². The molecule has 2 aliphatic heterocycles. The van der Waals surface area contributed by atoms with Crippen molar-refractivity contribution >= 4 is 28.9 Å². The van der Waals surface area contributed by atoms with Gasteiger partial charge in [0.05, 0.1) is 43.2 Å². The summed E-state index contributed by atoms with van der Waals surface area (Å²) in [6, 6.07) is 30.7. The lowest BCUT2D eigenvalue weighted by atomic mass is 9.83. The van der Waals surface area contributed by atoms with Crippen molar-refractivity contribution in [2.45, 2.75) is 50.8 Å². The minimum absolute atomic E-state index is 0.0290. The van der Waals surface area contributed by atoms with Crippen LogP contribution in [0.4, 0.5) is 17.1 Å². The van der Waals surface area contributed by atoms with E-state index in [1.807, 2.05) is 110 Å². The Morgan fingerprint density at radius 2 is 1.75 bits per heavy atom. The van der Waals surface area contributed by atoms with Gasteiger partial charge in [-0.3, -0.25) is 19.2 Å². The Balaban J connectivity index is 1.09. The molecule has 2 N–H and O–H groups in total. The second-order valence-corrected chi connectivity index (χ2v) is 13.1. The highest BCUT2D eigenvalue weighted by Gasteiger charge is 2.52. The van der Waals surface area contributed by atoms with Crippen LogP contribution < -0.4 is 14.5 Å². The molecule has 2 amide bonds. The smallest absolute Gasteiger partial charge is 0.264 e. The van der Waals surface area contributed by atoms with E-state index < -0.39 is 17.4 Å². The highest BCUT2D eigenvalue weighted by atomic mass is 16.5. The highest BCUT2D eigenvalue weighted by molar-refractivity contribution is 6.07. The monoisotopic (exact) mass is 683 g/mol. The predicted octanol–water partition coefficient (Wildman–Crippen LogP) is 6.04. The molecule has 51 heavy (non-hydrogen) atoms. The SMILES string of the molecule is COc1ccc2c(c1)[C@@](O)([C@H](C)/C=C/CCn1cc(C(CO)c3ccccc3)nn1)C(=O)N2Cc1cccc(N2C(=O)CCc3ccccc32)c1. The Bertz CT molecular complexity index is 2080. The molecule has 3 heterocycles. The van der Waals surface area contributed by atoms with Crippen LogP contribution in [-0.4, -0.2) is 50.7 Å². The lowest BCUT2D eigenvalue weighted by Gasteiger charge is -2.30. The molecule has 0 spiro atoms. The Hall–Kier alpha value is -5.58. The number of amides is 2.